The number of rotatable bonds is 5. The van der Waals surface area contributed by atoms with E-state index in [0.29, 0.717) is 13.0 Å². The number of carbonyl (C=O) groups excluding carboxylic acids is 1. The van der Waals surface area contributed by atoms with E-state index in [-0.39, 0.29) is 5.97 Å². The first kappa shape index (κ1) is 11.2. The molecule has 2 nitrogen and oxygen atoms in total. The fourth-order valence-corrected chi connectivity index (χ4v) is 1.20. The predicted octanol–water partition coefficient (Wildman–Crippen LogP) is 2.60. The van der Waals surface area contributed by atoms with E-state index in [1.54, 1.807) is 6.08 Å². The van der Waals surface area contributed by atoms with Crippen LogP contribution in [0.5, 0.6) is 0 Å². The molecule has 0 aromatic heterocycles. The van der Waals surface area contributed by atoms with Crippen LogP contribution in [0.4, 0.5) is 0 Å². The van der Waals surface area contributed by atoms with Crippen LogP contribution in [0.25, 0.3) is 6.08 Å². The summed E-state index contributed by atoms with van der Waals surface area (Å²) in [6.45, 7) is 7.40. The van der Waals surface area contributed by atoms with Crippen LogP contribution in [0.3, 0.4) is 0 Å². The number of hydrogen-bond acceptors (Lipinski definition) is 2. The average Bonchev–Trinajstić information content (AvgIpc) is 2.29. The van der Waals surface area contributed by atoms with Gasteiger partial charge in [-0.2, -0.15) is 0 Å². The fourth-order valence-electron chi connectivity index (χ4n) is 1.20. The van der Waals surface area contributed by atoms with E-state index in [1.165, 1.54) is 6.08 Å². The van der Waals surface area contributed by atoms with Crippen LogP contribution in [0.1, 0.15) is 11.1 Å². The molecule has 0 radical (unpaired) electrons. The molecule has 0 aliphatic rings. The summed E-state index contributed by atoms with van der Waals surface area (Å²) in [5.74, 6) is -0.380. The van der Waals surface area contributed by atoms with Crippen LogP contribution in [0.15, 0.2) is 43.5 Å². The summed E-state index contributed by atoms with van der Waals surface area (Å²) < 4.78 is 4.89. The first-order valence-corrected chi connectivity index (χ1v) is 4.77. The highest BCUT2D eigenvalue weighted by Gasteiger charge is 1.97. The SMILES string of the molecule is C=CC(=O)OCCc1cccc(C=C)c1. The molecular formula is C13H14O2. The van der Waals surface area contributed by atoms with Gasteiger partial charge in [0.05, 0.1) is 6.61 Å². The summed E-state index contributed by atoms with van der Waals surface area (Å²) in [6, 6.07) is 7.96. The molecule has 0 saturated heterocycles. The molecule has 0 spiro atoms. The second kappa shape index (κ2) is 5.81. The van der Waals surface area contributed by atoms with Gasteiger partial charge in [0.2, 0.25) is 0 Å². The van der Waals surface area contributed by atoms with Crippen molar-refractivity contribution in [3.8, 4) is 0 Å². The Hall–Kier alpha value is -1.83. The van der Waals surface area contributed by atoms with Crippen molar-refractivity contribution in [3.63, 3.8) is 0 Å². The molecule has 0 heterocycles. The van der Waals surface area contributed by atoms with Crippen molar-refractivity contribution in [1.29, 1.82) is 0 Å². The zero-order chi connectivity index (χ0) is 11.1. The van der Waals surface area contributed by atoms with E-state index in [9.17, 15) is 4.79 Å². The van der Waals surface area contributed by atoms with Crippen LogP contribution in [0, 0.1) is 0 Å². The molecule has 0 bridgehead atoms. The van der Waals surface area contributed by atoms with Gasteiger partial charge in [-0.05, 0) is 11.1 Å². The molecular weight excluding hydrogens is 188 g/mol. The maximum absolute atomic E-state index is 10.8. The van der Waals surface area contributed by atoms with Gasteiger partial charge in [-0.15, -0.1) is 0 Å². The van der Waals surface area contributed by atoms with Crippen molar-refractivity contribution in [2.24, 2.45) is 0 Å². The third-order valence-corrected chi connectivity index (χ3v) is 1.99. The number of benzene rings is 1. The largest absolute Gasteiger partial charge is 0.462 e. The molecule has 1 aromatic rings. The Balaban J connectivity index is 2.46. The zero-order valence-electron chi connectivity index (χ0n) is 8.61. The maximum atomic E-state index is 10.8. The number of ether oxygens (including phenoxy) is 1. The molecule has 0 N–H and O–H groups in total. The highest BCUT2D eigenvalue weighted by molar-refractivity contribution is 5.81. The van der Waals surface area contributed by atoms with Crippen LogP contribution in [0.2, 0.25) is 0 Å². The minimum atomic E-state index is -0.380. The molecule has 0 fully saturated rings. The highest BCUT2D eigenvalue weighted by atomic mass is 16.5. The third kappa shape index (κ3) is 3.81. The van der Waals surface area contributed by atoms with Gasteiger partial charge in [-0.25, -0.2) is 4.79 Å². The van der Waals surface area contributed by atoms with Gasteiger partial charge in [0.25, 0.3) is 0 Å². The molecule has 2 heteroatoms. The van der Waals surface area contributed by atoms with Crippen molar-refractivity contribution in [2.75, 3.05) is 6.61 Å². The van der Waals surface area contributed by atoms with Crippen molar-refractivity contribution in [1.82, 2.24) is 0 Å². The second-order valence-electron chi connectivity index (χ2n) is 3.07. The standard InChI is InChI=1S/C13H14O2/c1-3-11-6-5-7-12(10-11)8-9-15-13(14)4-2/h3-7,10H,1-2,8-9H2. The molecule has 0 saturated carbocycles. The van der Waals surface area contributed by atoms with Crippen molar-refractivity contribution in [2.45, 2.75) is 6.42 Å². The van der Waals surface area contributed by atoms with Gasteiger partial charge >= 0.3 is 5.97 Å². The molecule has 1 aromatic carbocycles. The molecule has 0 amide bonds. The third-order valence-electron chi connectivity index (χ3n) is 1.99. The quantitative estimate of drug-likeness (QED) is 0.542. The normalized spacial score (nSPS) is 9.33. The molecule has 78 valence electrons. The molecule has 0 atom stereocenters. The summed E-state index contributed by atoms with van der Waals surface area (Å²) >= 11 is 0. The average molecular weight is 202 g/mol. The minimum absolute atomic E-state index is 0.380. The van der Waals surface area contributed by atoms with Gasteiger partial charge in [-0.3, -0.25) is 0 Å². The summed E-state index contributed by atoms with van der Waals surface area (Å²) in [4.78, 5) is 10.8. The monoisotopic (exact) mass is 202 g/mol. The van der Waals surface area contributed by atoms with E-state index in [1.807, 2.05) is 24.3 Å². The second-order valence-corrected chi connectivity index (χ2v) is 3.07. The van der Waals surface area contributed by atoms with Crippen LogP contribution >= 0.6 is 0 Å². The first-order valence-electron chi connectivity index (χ1n) is 4.77. The molecule has 0 unspecified atom stereocenters. The summed E-state index contributed by atoms with van der Waals surface area (Å²) in [6.07, 6.45) is 3.67. The molecule has 15 heavy (non-hydrogen) atoms. The first-order chi connectivity index (χ1) is 7.26. The Bertz CT molecular complexity index is 367. The summed E-state index contributed by atoms with van der Waals surface area (Å²) in [7, 11) is 0. The zero-order valence-corrected chi connectivity index (χ0v) is 8.61. The molecule has 0 aliphatic carbocycles. The van der Waals surface area contributed by atoms with Crippen molar-refractivity contribution in [3.05, 3.63) is 54.6 Å². The molecule has 1 rings (SSSR count). The van der Waals surface area contributed by atoms with E-state index >= 15 is 0 Å². The van der Waals surface area contributed by atoms with Gasteiger partial charge in [0, 0.05) is 12.5 Å². The van der Waals surface area contributed by atoms with Gasteiger partial charge < -0.3 is 4.74 Å². The highest BCUT2D eigenvalue weighted by Crippen LogP contribution is 2.07. The number of carbonyl (C=O) groups is 1. The lowest BCUT2D eigenvalue weighted by atomic mass is 10.1. The van der Waals surface area contributed by atoms with Gasteiger partial charge in [0.15, 0.2) is 0 Å². The minimum Gasteiger partial charge on any atom is -0.462 e. The Labute approximate surface area is 89.9 Å². The Morgan fingerprint density at radius 2 is 2.20 bits per heavy atom. The van der Waals surface area contributed by atoms with E-state index in [0.717, 1.165) is 11.1 Å². The van der Waals surface area contributed by atoms with E-state index in [4.69, 9.17) is 4.74 Å². The van der Waals surface area contributed by atoms with E-state index < -0.39 is 0 Å². The Morgan fingerprint density at radius 3 is 2.87 bits per heavy atom. The maximum Gasteiger partial charge on any atom is 0.330 e. The summed E-state index contributed by atoms with van der Waals surface area (Å²) in [5, 5.41) is 0. The van der Waals surface area contributed by atoms with Gasteiger partial charge in [-0.1, -0.05) is 43.5 Å². The fraction of sp³-hybridized carbons (Fsp3) is 0.154. The number of esters is 1. The number of hydrogen-bond donors (Lipinski definition) is 0. The van der Waals surface area contributed by atoms with Crippen LogP contribution in [-0.2, 0) is 16.0 Å². The lowest BCUT2D eigenvalue weighted by Gasteiger charge is -2.03. The summed E-state index contributed by atoms with van der Waals surface area (Å²) in [5.41, 5.74) is 2.20. The van der Waals surface area contributed by atoms with Gasteiger partial charge in [0.1, 0.15) is 0 Å². The van der Waals surface area contributed by atoms with Crippen molar-refractivity contribution < 1.29 is 9.53 Å². The predicted molar refractivity (Wildman–Crippen MR) is 61.4 cm³/mol. The van der Waals surface area contributed by atoms with E-state index in [2.05, 4.69) is 13.2 Å². The molecule has 0 aliphatic heterocycles. The Kier molecular flexibility index (Phi) is 4.35. The Morgan fingerprint density at radius 1 is 1.40 bits per heavy atom. The van der Waals surface area contributed by atoms with Crippen LogP contribution < -0.4 is 0 Å². The van der Waals surface area contributed by atoms with Crippen molar-refractivity contribution >= 4 is 12.0 Å². The smallest absolute Gasteiger partial charge is 0.330 e. The lowest BCUT2D eigenvalue weighted by Crippen LogP contribution is -2.04. The topological polar surface area (TPSA) is 26.3 Å². The van der Waals surface area contributed by atoms with Crippen LogP contribution in [-0.4, -0.2) is 12.6 Å². The lowest BCUT2D eigenvalue weighted by molar-refractivity contribution is -0.137.